The van der Waals surface area contributed by atoms with E-state index in [1.54, 1.807) is 18.2 Å². The lowest BCUT2D eigenvalue weighted by Crippen LogP contribution is -2.10. The molecule has 24 heavy (non-hydrogen) atoms. The van der Waals surface area contributed by atoms with E-state index in [1.807, 2.05) is 19.1 Å². The van der Waals surface area contributed by atoms with Crippen LogP contribution in [0.2, 0.25) is 5.02 Å². The topological polar surface area (TPSA) is 58.9 Å². The summed E-state index contributed by atoms with van der Waals surface area (Å²) in [4.78, 5) is 20.4. The van der Waals surface area contributed by atoms with Crippen molar-refractivity contribution in [2.75, 3.05) is 0 Å². The molecule has 0 saturated carbocycles. The van der Waals surface area contributed by atoms with Gasteiger partial charge >= 0.3 is 0 Å². The van der Waals surface area contributed by atoms with E-state index in [4.69, 9.17) is 16.0 Å². The second-order valence-electron chi connectivity index (χ2n) is 5.93. The number of imidazole rings is 1. The predicted octanol–water partition coefficient (Wildman–Crippen LogP) is 4.42. The number of H-pyrrole nitrogens is 1. The third kappa shape index (κ3) is 2.69. The number of aromatic nitrogens is 2. The third-order valence-corrected chi connectivity index (χ3v) is 4.36. The van der Waals surface area contributed by atoms with Crippen LogP contribution in [0, 0.1) is 6.92 Å². The Kier molecular flexibility index (Phi) is 3.62. The second-order valence-corrected chi connectivity index (χ2v) is 6.37. The number of hydrogen-bond acceptors (Lipinski definition) is 3. The first-order valence-corrected chi connectivity index (χ1v) is 8.13. The number of fused-ring (bicyclic) bond motifs is 2. The lowest BCUT2D eigenvalue weighted by atomic mass is 10.1. The highest BCUT2D eigenvalue weighted by atomic mass is 35.5. The average molecular weight is 339 g/mol. The Bertz CT molecular complexity index is 1110. The maximum atomic E-state index is 12.6. The van der Waals surface area contributed by atoms with Crippen LogP contribution in [-0.4, -0.2) is 9.97 Å². The molecule has 4 rings (SSSR count). The van der Waals surface area contributed by atoms with E-state index in [1.165, 1.54) is 11.8 Å². The van der Waals surface area contributed by atoms with Gasteiger partial charge in [0, 0.05) is 17.0 Å². The van der Waals surface area contributed by atoms with Crippen molar-refractivity contribution >= 4 is 33.6 Å². The molecular weight excluding hydrogens is 324 g/mol. The zero-order valence-electron chi connectivity index (χ0n) is 13.1. The Balaban J connectivity index is 1.64. The van der Waals surface area contributed by atoms with Crippen molar-refractivity contribution in [3.63, 3.8) is 0 Å². The van der Waals surface area contributed by atoms with Gasteiger partial charge in [-0.3, -0.25) is 4.79 Å². The molecule has 4 nitrogen and oxygen atoms in total. The number of hydrogen-bond donors (Lipinski definition) is 1. The van der Waals surface area contributed by atoms with Crippen molar-refractivity contribution in [3.8, 4) is 0 Å². The molecule has 5 heteroatoms. The summed E-state index contributed by atoms with van der Waals surface area (Å²) in [6.45, 7) is 2.05. The van der Waals surface area contributed by atoms with Crippen LogP contribution < -0.4 is 5.43 Å². The summed E-state index contributed by atoms with van der Waals surface area (Å²) < 4.78 is 5.55. The zero-order chi connectivity index (χ0) is 16.7. The fourth-order valence-corrected chi connectivity index (χ4v) is 3.04. The van der Waals surface area contributed by atoms with Gasteiger partial charge in [0.05, 0.1) is 22.7 Å². The molecule has 0 atom stereocenters. The minimum Gasteiger partial charge on any atom is -0.464 e. The summed E-state index contributed by atoms with van der Waals surface area (Å²) >= 11 is 5.98. The standard InChI is InChI=1S/C19H15ClN2O2/c1-11-2-5-15-16(8-11)22-18(21-15)7-3-12-10-24-17-6-4-13(20)9-14(17)19(12)23/h2,4-6,8-10H,3,7H2,1H3,(H,21,22). The summed E-state index contributed by atoms with van der Waals surface area (Å²) in [5.74, 6) is 0.862. The fourth-order valence-electron chi connectivity index (χ4n) is 2.86. The Morgan fingerprint density at radius 2 is 2.04 bits per heavy atom. The highest BCUT2D eigenvalue weighted by molar-refractivity contribution is 6.31. The second kappa shape index (κ2) is 5.80. The molecule has 2 aromatic heterocycles. The smallest absolute Gasteiger partial charge is 0.195 e. The maximum absolute atomic E-state index is 12.6. The lowest BCUT2D eigenvalue weighted by Gasteiger charge is -2.02. The van der Waals surface area contributed by atoms with Crippen molar-refractivity contribution < 1.29 is 4.42 Å². The maximum Gasteiger partial charge on any atom is 0.195 e. The number of nitrogens with one attached hydrogen (secondary N) is 1. The van der Waals surface area contributed by atoms with Gasteiger partial charge in [0.2, 0.25) is 0 Å². The molecule has 0 amide bonds. The molecule has 2 aromatic carbocycles. The van der Waals surface area contributed by atoms with Crippen LogP contribution in [0.25, 0.3) is 22.0 Å². The van der Waals surface area contributed by atoms with Gasteiger partial charge in [-0.2, -0.15) is 0 Å². The van der Waals surface area contributed by atoms with E-state index in [2.05, 4.69) is 16.0 Å². The number of benzene rings is 2. The van der Waals surface area contributed by atoms with E-state index >= 15 is 0 Å². The molecule has 1 N–H and O–H groups in total. The summed E-state index contributed by atoms with van der Waals surface area (Å²) in [5, 5.41) is 1.04. The van der Waals surface area contributed by atoms with Gasteiger partial charge in [0.15, 0.2) is 5.43 Å². The largest absolute Gasteiger partial charge is 0.464 e. The van der Waals surface area contributed by atoms with Crippen LogP contribution in [0.3, 0.4) is 0 Å². The van der Waals surface area contributed by atoms with Crippen molar-refractivity contribution in [2.24, 2.45) is 0 Å². The first-order chi connectivity index (χ1) is 11.6. The molecule has 0 spiro atoms. The van der Waals surface area contributed by atoms with Gasteiger partial charge in [-0.1, -0.05) is 17.7 Å². The molecule has 120 valence electrons. The van der Waals surface area contributed by atoms with Crippen molar-refractivity contribution in [3.05, 3.63) is 74.9 Å². The Hall–Kier alpha value is -2.59. The van der Waals surface area contributed by atoms with Gasteiger partial charge in [0.25, 0.3) is 0 Å². The average Bonchev–Trinajstić information content (AvgIpc) is 2.96. The lowest BCUT2D eigenvalue weighted by molar-refractivity contribution is 0.591. The van der Waals surface area contributed by atoms with E-state index in [0.29, 0.717) is 34.4 Å². The SMILES string of the molecule is Cc1ccc2nc(CCc3coc4ccc(Cl)cc4c3=O)[nH]c2c1. The van der Waals surface area contributed by atoms with E-state index in [0.717, 1.165) is 16.9 Å². The fraction of sp³-hybridized carbons (Fsp3) is 0.158. The minimum atomic E-state index is -0.0364. The van der Waals surface area contributed by atoms with Crippen molar-refractivity contribution in [2.45, 2.75) is 19.8 Å². The highest BCUT2D eigenvalue weighted by Gasteiger charge is 2.09. The summed E-state index contributed by atoms with van der Waals surface area (Å²) in [7, 11) is 0. The van der Waals surface area contributed by atoms with Gasteiger partial charge in [0.1, 0.15) is 11.4 Å². The molecular formula is C19H15ClN2O2. The third-order valence-electron chi connectivity index (χ3n) is 4.12. The van der Waals surface area contributed by atoms with Gasteiger partial charge in [-0.15, -0.1) is 0 Å². The molecule has 0 fully saturated rings. The molecule has 0 bridgehead atoms. The first-order valence-electron chi connectivity index (χ1n) is 7.75. The Labute approximate surface area is 143 Å². The van der Waals surface area contributed by atoms with Crippen LogP contribution in [0.5, 0.6) is 0 Å². The number of aryl methyl sites for hydroxylation is 3. The number of halogens is 1. The molecule has 2 heterocycles. The number of aromatic amines is 1. The number of nitrogens with zero attached hydrogens (tertiary/aromatic N) is 1. The van der Waals surface area contributed by atoms with Crippen LogP contribution in [0.15, 0.2) is 51.9 Å². The summed E-state index contributed by atoms with van der Waals surface area (Å²) in [5.41, 5.74) is 4.28. The summed E-state index contributed by atoms with van der Waals surface area (Å²) in [6.07, 6.45) is 2.74. The quantitative estimate of drug-likeness (QED) is 0.601. The molecule has 0 aliphatic carbocycles. The first kappa shape index (κ1) is 15.0. The van der Waals surface area contributed by atoms with Crippen LogP contribution >= 0.6 is 11.6 Å². The van der Waals surface area contributed by atoms with Gasteiger partial charge in [-0.25, -0.2) is 4.98 Å². The molecule has 0 aliphatic rings. The Morgan fingerprint density at radius 3 is 2.92 bits per heavy atom. The molecule has 4 aromatic rings. The molecule has 0 radical (unpaired) electrons. The monoisotopic (exact) mass is 338 g/mol. The van der Waals surface area contributed by atoms with Crippen LogP contribution in [0.4, 0.5) is 0 Å². The molecule has 0 unspecified atom stereocenters. The van der Waals surface area contributed by atoms with Crippen molar-refractivity contribution in [1.29, 1.82) is 0 Å². The normalized spacial score (nSPS) is 11.4. The number of rotatable bonds is 3. The van der Waals surface area contributed by atoms with Gasteiger partial charge < -0.3 is 9.40 Å². The zero-order valence-corrected chi connectivity index (χ0v) is 13.9. The van der Waals surface area contributed by atoms with E-state index < -0.39 is 0 Å². The van der Waals surface area contributed by atoms with Crippen LogP contribution in [0.1, 0.15) is 17.0 Å². The van der Waals surface area contributed by atoms with Crippen LogP contribution in [-0.2, 0) is 12.8 Å². The van der Waals surface area contributed by atoms with Gasteiger partial charge in [-0.05, 0) is 49.2 Å². The summed E-state index contributed by atoms with van der Waals surface area (Å²) in [6, 6.07) is 11.2. The minimum absolute atomic E-state index is 0.0364. The predicted molar refractivity (Wildman–Crippen MR) is 95.7 cm³/mol. The van der Waals surface area contributed by atoms with E-state index in [9.17, 15) is 4.79 Å². The van der Waals surface area contributed by atoms with E-state index in [-0.39, 0.29) is 5.43 Å². The Morgan fingerprint density at radius 1 is 1.17 bits per heavy atom. The molecule has 0 saturated heterocycles. The molecule has 0 aliphatic heterocycles. The van der Waals surface area contributed by atoms with Crippen molar-refractivity contribution in [1.82, 2.24) is 9.97 Å². The highest BCUT2D eigenvalue weighted by Crippen LogP contribution is 2.18.